The summed E-state index contributed by atoms with van der Waals surface area (Å²) in [7, 11) is 0. The maximum Gasteiger partial charge on any atom is 0.335 e. The van der Waals surface area contributed by atoms with E-state index in [-0.39, 0.29) is 30.3 Å². The minimum Gasteiger partial charge on any atom is -0.487 e. The molecule has 9 nitrogen and oxygen atoms in total. The monoisotopic (exact) mass is 721 g/mol. The van der Waals surface area contributed by atoms with Crippen LogP contribution in [0.1, 0.15) is 27.0 Å². The molecule has 0 saturated carbocycles. The maximum absolute atomic E-state index is 13.6. The molecule has 1 aliphatic rings. The van der Waals surface area contributed by atoms with Gasteiger partial charge in [0, 0.05) is 12.1 Å². The van der Waals surface area contributed by atoms with E-state index in [9.17, 15) is 24.8 Å². The van der Waals surface area contributed by atoms with E-state index in [0.29, 0.717) is 36.0 Å². The first-order valence-corrected chi connectivity index (χ1v) is 15.1. The average Bonchev–Trinajstić information content (AvgIpc) is 3.26. The summed E-state index contributed by atoms with van der Waals surface area (Å²) in [5.41, 5.74) is 2.98. The molecular formula is C31H21Br2N3O6S. The molecule has 4 aromatic carbocycles. The highest BCUT2D eigenvalue weighted by Gasteiger charge is 2.33. The Balaban J connectivity index is 1.40. The van der Waals surface area contributed by atoms with Crippen molar-refractivity contribution in [3.63, 3.8) is 0 Å². The van der Waals surface area contributed by atoms with Crippen molar-refractivity contribution < 1.29 is 24.4 Å². The summed E-state index contributed by atoms with van der Waals surface area (Å²) >= 11 is 8.33. The molecule has 4 aromatic rings. The van der Waals surface area contributed by atoms with Crippen molar-refractivity contribution in [3.8, 4) is 5.75 Å². The van der Waals surface area contributed by atoms with Gasteiger partial charge in [-0.25, -0.2) is 9.79 Å². The van der Waals surface area contributed by atoms with Crippen molar-refractivity contribution in [2.75, 3.05) is 0 Å². The van der Waals surface area contributed by atoms with E-state index in [1.54, 1.807) is 35.2 Å². The lowest BCUT2D eigenvalue weighted by Gasteiger charge is -2.16. The molecule has 0 unspecified atom stereocenters. The summed E-state index contributed by atoms with van der Waals surface area (Å²) in [6.45, 7) is 0.335. The molecule has 1 saturated heterocycles. The number of hydrogen-bond donors (Lipinski definition) is 1. The van der Waals surface area contributed by atoms with E-state index in [2.05, 4.69) is 31.9 Å². The van der Waals surface area contributed by atoms with Crippen molar-refractivity contribution in [1.82, 2.24) is 4.90 Å². The number of carboxylic acids is 1. The fraction of sp³-hybridized carbons (Fsp3) is 0.0645. The second-order valence-corrected chi connectivity index (χ2v) is 12.0. The third-order valence-corrected chi connectivity index (χ3v) is 8.42. The number of benzene rings is 4. The van der Waals surface area contributed by atoms with Crippen LogP contribution in [0, 0.1) is 10.1 Å². The quantitative estimate of drug-likeness (QED) is 0.105. The van der Waals surface area contributed by atoms with Crippen molar-refractivity contribution in [2.45, 2.75) is 13.2 Å². The summed E-state index contributed by atoms with van der Waals surface area (Å²) < 4.78 is 7.21. The number of carbonyl (C=O) groups is 2. The number of carboxylic acid groups (broad SMARTS) is 1. The van der Waals surface area contributed by atoms with Gasteiger partial charge >= 0.3 is 5.97 Å². The lowest BCUT2D eigenvalue weighted by Crippen LogP contribution is -2.28. The Morgan fingerprint density at radius 2 is 1.67 bits per heavy atom. The summed E-state index contributed by atoms with van der Waals surface area (Å²) in [4.78, 5) is 42.3. The van der Waals surface area contributed by atoms with Crippen LogP contribution in [-0.2, 0) is 17.9 Å². The lowest BCUT2D eigenvalue weighted by molar-refractivity contribution is -0.384. The SMILES string of the molecule is O=C(O)c1ccc(CN2C(=O)/C(=C/c3cc(Br)c(OCc4cccc([N+](=O)[O-])c4)c(Br)c3)SC2=Nc2ccccc2)cc1. The second-order valence-electron chi connectivity index (χ2n) is 9.26. The molecule has 1 amide bonds. The standard InChI is InChI=1S/C31H21Br2N3O6S/c32-25-14-21(15-26(33)28(25)42-18-20-5-4-8-24(13-20)36(40)41)16-27-29(37)35(17-19-9-11-22(12-10-19)30(38)39)31(43-27)34-23-6-2-1-3-7-23/h1-16H,17-18H2,(H,38,39)/b27-16-,34-31?. The largest absolute Gasteiger partial charge is 0.487 e. The highest BCUT2D eigenvalue weighted by molar-refractivity contribution is 9.11. The van der Waals surface area contributed by atoms with Crippen LogP contribution >= 0.6 is 43.6 Å². The first kappa shape index (κ1) is 30.2. The molecule has 0 bridgehead atoms. The topological polar surface area (TPSA) is 122 Å². The number of amides is 1. The molecule has 43 heavy (non-hydrogen) atoms. The summed E-state index contributed by atoms with van der Waals surface area (Å²) in [5, 5.41) is 20.8. The number of nitrogens with zero attached hydrogens (tertiary/aromatic N) is 3. The molecule has 0 atom stereocenters. The average molecular weight is 723 g/mol. The van der Waals surface area contributed by atoms with Gasteiger partial charge in [-0.1, -0.05) is 42.5 Å². The van der Waals surface area contributed by atoms with Gasteiger partial charge in [-0.15, -0.1) is 0 Å². The van der Waals surface area contributed by atoms with Crippen LogP contribution in [0.4, 0.5) is 11.4 Å². The number of nitro benzene ring substituents is 1. The van der Waals surface area contributed by atoms with Crippen LogP contribution in [0.3, 0.4) is 0 Å². The van der Waals surface area contributed by atoms with Crippen LogP contribution in [0.15, 0.2) is 110 Å². The highest BCUT2D eigenvalue weighted by atomic mass is 79.9. The van der Waals surface area contributed by atoms with Gasteiger partial charge in [0.1, 0.15) is 12.4 Å². The van der Waals surface area contributed by atoms with Gasteiger partial charge in [-0.2, -0.15) is 0 Å². The molecule has 0 aliphatic carbocycles. The third-order valence-electron chi connectivity index (χ3n) is 6.23. The molecule has 1 heterocycles. The fourth-order valence-corrected chi connectivity index (χ4v) is 6.60. The number of hydrogen-bond acceptors (Lipinski definition) is 7. The van der Waals surface area contributed by atoms with Crippen LogP contribution in [-0.4, -0.2) is 32.0 Å². The molecule has 12 heteroatoms. The lowest BCUT2D eigenvalue weighted by atomic mass is 10.1. The van der Waals surface area contributed by atoms with Crippen LogP contribution in [0.25, 0.3) is 6.08 Å². The van der Waals surface area contributed by atoms with Crippen LogP contribution in [0.5, 0.6) is 5.75 Å². The van der Waals surface area contributed by atoms with Crippen molar-refractivity contribution >= 4 is 78.1 Å². The number of aliphatic imine (C=N–C) groups is 1. The predicted molar refractivity (Wildman–Crippen MR) is 172 cm³/mol. The van der Waals surface area contributed by atoms with Gasteiger partial charge in [0.05, 0.1) is 36.6 Å². The van der Waals surface area contributed by atoms with Gasteiger partial charge in [0.2, 0.25) is 0 Å². The number of non-ortho nitro benzene ring substituents is 1. The van der Waals surface area contributed by atoms with Crippen molar-refractivity contribution in [3.05, 3.63) is 137 Å². The number of amidine groups is 1. The Morgan fingerprint density at radius 3 is 2.33 bits per heavy atom. The summed E-state index contributed by atoms with van der Waals surface area (Å²) in [5.74, 6) is -0.745. The van der Waals surface area contributed by atoms with Gasteiger partial charge in [0.25, 0.3) is 11.6 Å². The number of thioether (sulfide) groups is 1. The fourth-order valence-electron chi connectivity index (χ4n) is 4.15. The molecule has 1 N–H and O–H groups in total. The normalized spacial score (nSPS) is 14.8. The first-order valence-electron chi connectivity index (χ1n) is 12.7. The summed E-state index contributed by atoms with van der Waals surface area (Å²) in [6.07, 6.45) is 1.76. The number of aromatic carboxylic acids is 1. The van der Waals surface area contributed by atoms with Gasteiger partial charge < -0.3 is 9.84 Å². The minimum atomic E-state index is -1.02. The highest BCUT2D eigenvalue weighted by Crippen LogP contribution is 2.39. The molecule has 5 rings (SSSR count). The van der Waals surface area contributed by atoms with E-state index in [1.807, 2.05) is 42.5 Å². The van der Waals surface area contributed by atoms with E-state index < -0.39 is 10.9 Å². The smallest absolute Gasteiger partial charge is 0.335 e. The molecular weight excluding hydrogens is 702 g/mol. The van der Waals surface area contributed by atoms with E-state index in [4.69, 9.17) is 9.73 Å². The Morgan fingerprint density at radius 1 is 0.977 bits per heavy atom. The van der Waals surface area contributed by atoms with E-state index in [1.165, 1.54) is 36.0 Å². The van der Waals surface area contributed by atoms with Gasteiger partial charge in [-0.05, 0) is 103 Å². The number of ether oxygens (including phenoxy) is 1. The Labute approximate surface area is 267 Å². The third kappa shape index (κ3) is 7.39. The Hall–Kier alpha value is -4.26. The second kappa shape index (κ2) is 13.4. The number of halogens is 2. The number of para-hydroxylation sites is 1. The Bertz CT molecular complexity index is 1760. The molecule has 0 spiro atoms. The van der Waals surface area contributed by atoms with Crippen molar-refractivity contribution in [2.24, 2.45) is 4.99 Å². The molecule has 216 valence electrons. The molecule has 0 aromatic heterocycles. The van der Waals surface area contributed by atoms with Crippen LogP contribution < -0.4 is 4.74 Å². The first-order chi connectivity index (χ1) is 20.7. The zero-order chi connectivity index (χ0) is 30.5. The van der Waals surface area contributed by atoms with Gasteiger partial charge in [-0.3, -0.25) is 19.8 Å². The van der Waals surface area contributed by atoms with Crippen molar-refractivity contribution in [1.29, 1.82) is 0 Å². The zero-order valence-electron chi connectivity index (χ0n) is 22.1. The van der Waals surface area contributed by atoms with E-state index >= 15 is 0 Å². The molecule has 1 fully saturated rings. The number of nitro groups is 1. The molecule has 0 radical (unpaired) electrons. The van der Waals surface area contributed by atoms with Crippen LogP contribution in [0.2, 0.25) is 0 Å². The van der Waals surface area contributed by atoms with E-state index in [0.717, 1.165) is 11.1 Å². The Kier molecular flexibility index (Phi) is 9.39. The minimum absolute atomic E-state index is 0.0126. The maximum atomic E-state index is 13.6. The zero-order valence-corrected chi connectivity index (χ0v) is 26.1. The summed E-state index contributed by atoms with van der Waals surface area (Å²) in [6, 6.07) is 25.6. The number of rotatable bonds is 9. The number of carbonyl (C=O) groups excluding carboxylic acids is 1. The predicted octanol–water partition coefficient (Wildman–Crippen LogP) is 8.20. The van der Waals surface area contributed by atoms with Gasteiger partial charge in [0.15, 0.2) is 5.17 Å². The molecule has 1 aliphatic heterocycles.